The summed E-state index contributed by atoms with van der Waals surface area (Å²) in [4.78, 5) is 14.8. The van der Waals surface area contributed by atoms with Gasteiger partial charge in [0.15, 0.2) is 0 Å². The van der Waals surface area contributed by atoms with Crippen LogP contribution in [0.4, 0.5) is 0 Å². The van der Waals surface area contributed by atoms with E-state index in [9.17, 15) is 4.79 Å². The Morgan fingerprint density at radius 2 is 1.87 bits per heavy atom. The fourth-order valence-corrected chi connectivity index (χ4v) is 3.20. The van der Waals surface area contributed by atoms with Crippen LogP contribution in [0, 0.1) is 5.92 Å². The number of hydrogen-bond donors (Lipinski definition) is 1. The Hall–Kier alpha value is -1.39. The van der Waals surface area contributed by atoms with Gasteiger partial charge in [0.2, 0.25) is 0 Å². The smallest absolute Gasteiger partial charge is 0.323 e. The highest BCUT2D eigenvalue weighted by Crippen LogP contribution is 2.24. The van der Waals surface area contributed by atoms with E-state index in [1.165, 1.54) is 5.56 Å². The van der Waals surface area contributed by atoms with E-state index in [4.69, 9.17) is 4.74 Å². The number of nitrogens with zero attached hydrogens (tertiary/aromatic N) is 1. The number of esters is 1. The molecule has 4 heteroatoms. The molecule has 0 amide bonds. The van der Waals surface area contributed by atoms with E-state index in [1.54, 1.807) is 0 Å². The standard InChI is InChI=1S/C19H30N2O2/c1-19(2,3)23-18(22)17(20-4)16-10-12-21(13-11-16)14-15-8-6-5-7-9-15/h5-9,16-17,20H,10-14H2,1-4H3. The number of nitrogens with one attached hydrogen (secondary N) is 1. The van der Waals surface area contributed by atoms with E-state index in [-0.39, 0.29) is 12.0 Å². The Kier molecular flexibility index (Phi) is 6.19. The zero-order valence-electron chi connectivity index (χ0n) is 14.8. The van der Waals surface area contributed by atoms with Crippen LogP contribution >= 0.6 is 0 Å². The monoisotopic (exact) mass is 318 g/mol. The van der Waals surface area contributed by atoms with Gasteiger partial charge in [-0.2, -0.15) is 0 Å². The van der Waals surface area contributed by atoms with E-state index in [0.29, 0.717) is 5.92 Å². The number of carbonyl (C=O) groups excluding carboxylic acids is 1. The molecule has 1 saturated heterocycles. The maximum atomic E-state index is 12.4. The van der Waals surface area contributed by atoms with Crippen molar-refractivity contribution in [3.8, 4) is 0 Å². The topological polar surface area (TPSA) is 41.6 Å². The van der Waals surface area contributed by atoms with Crippen molar-refractivity contribution in [1.82, 2.24) is 10.2 Å². The number of piperidine rings is 1. The Labute approximate surface area is 140 Å². The molecule has 1 N–H and O–H groups in total. The minimum Gasteiger partial charge on any atom is -0.459 e. The summed E-state index contributed by atoms with van der Waals surface area (Å²) >= 11 is 0. The average Bonchev–Trinajstić information content (AvgIpc) is 2.49. The van der Waals surface area contributed by atoms with E-state index in [2.05, 4.69) is 34.5 Å². The summed E-state index contributed by atoms with van der Waals surface area (Å²) in [6.45, 7) is 8.80. The SMILES string of the molecule is CNC(C(=O)OC(C)(C)C)C1CCN(Cc2ccccc2)CC1. The van der Waals surface area contributed by atoms with Crippen LogP contribution in [0.15, 0.2) is 30.3 Å². The predicted molar refractivity (Wildman–Crippen MR) is 93.1 cm³/mol. The number of benzene rings is 1. The minimum absolute atomic E-state index is 0.124. The first-order valence-electron chi connectivity index (χ1n) is 8.55. The van der Waals surface area contributed by atoms with Gasteiger partial charge >= 0.3 is 5.97 Å². The van der Waals surface area contributed by atoms with Crippen LogP contribution in [0.3, 0.4) is 0 Å². The molecule has 0 saturated carbocycles. The molecule has 1 unspecified atom stereocenters. The molecule has 23 heavy (non-hydrogen) atoms. The van der Waals surface area contributed by atoms with Crippen LogP contribution in [0.2, 0.25) is 0 Å². The van der Waals surface area contributed by atoms with Crippen LogP contribution < -0.4 is 5.32 Å². The number of hydrogen-bond acceptors (Lipinski definition) is 4. The van der Waals surface area contributed by atoms with Crippen molar-refractivity contribution >= 4 is 5.97 Å². The normalized spacial score (nSPS) is 18.6. The molecule has 1 aliphatic rings. The van der Waals surface area contributed by atoms with Crippen molar-refractivity contribution < 1.29 is 9.53 Å². The molecule has 1 atom stereocenters. The molecule has 128 valence electrons. The molecule has 1 aromatic carbocycles. The third-order valence-corrected chi connectivity index (χ3v) is 4.32. The quantitative estimate of drug-likeness (QED) is 0.848. The minimum atomic E-state index is -0.430. The van der Waals surface area contributed by atoms with Gasteiger partial charge in [-0.25, -0.2) is 0 Å². The Morgan fingerprint density at radius 1 is 1.26 bits per heavy atom. The zero-order valence-corrected chi connectivity index (χ0v) is 14.8. The van der Waals surface area contributed by atoms with Gasteiger partial charge in [-0.05, 0) is 65.2 Å². The van der Waals surface area contributed by atoms with E-state index in [1.807, 2.05) is 33.9 Å². The summed E-state index contributed by atoms with van der Waals surface area (Å²) in [6.07, 6.45) is 2.05. The second kappa shape index (κ2) is 7.93. The molecule has 0 spiro atoms. The van der Waals surface area contributed by atoms with Crippen molar-refractivity contribution in [1.29, 1.82) is 0 Å². The van der Waals surface area contributed by atoms with Gasteiger partial charge in [-0.1, -0.05) is 30.3 Å². The van der Waals surface area contributed by atoms with Crippen LogP contribution in [-0.4, -0.2) is 42.6 Å². The molecule has 0 aliphatic carbocycles. The number of rotatable bonds is 5. The largest absolute Gasteiger partial charge is 0.459 e. The second-order valence-electron chi connectivity index (χ2n) is 7.40. The summed E-state index contributed by atoms with van der Waals surface area (Å²) in [6, 6.07) is 10.4. The highest BCUT2D eigenvalue weighted by atomic mass is 16.6. The van der Waals surface area contributed by atoms with E-state index >= 15 is 0 Å². The lowest BCUT2D eigenvalue weighted by Crippen LogP contribution is -2.48. The first kappa shape index (κ1) is 18.0. The lowest BCUT2D eigenvalue weighted by Gasteiger charge is -2.36. The van der Waals surface area contributed by atoms with Crippen molar-refractivity contribution in [3.63, 3.8) is 0 Å². The first-order valence-corrected chi connectivity index (χ1v) is 8.55. The Morgan fingerprint density at radius 3 is 2.39 bits per heavy atom. The number of likely N-dealkylation sites (N-methyl/N-ethyl adjacent to an activating group) is 1. The van der Waals surface area contributed by atoms with Crippen LogP contribution in [-0.2, 0) is 16.1 Å². The summed E-state index contributed by atoms with van der Waals surface area (Å²) in [7, 11) is 1.85. The average molecular weight is 318 g/mol. The molecule has 0 aromatic heterocycles. The van der Waals surface area contributed by atoms with Crippen LogP contribution in [0.5, 0.6) is 0 Å². The lowest BCUT2D eigenvalue weighted by atomic mass is 9.89. The molecular formula is C19H30N2O2. The Bertz CT molecular complexity index is 488. The van der Waals surface area contributed by atoms with Gasteiger partial charge in [0.1, 0.15) is 11.6 Å². The fourth-order valence-electron chi connectivity index (χ4n) is 3.20. The predicted octanol–water partition coefficient (Wildman–Crippen LogP) is 2.83. The van der Waals surface area contributed by atoms with Crippen LogP contribution in [0.25, 0.3) is 0 Å². The highest BCUT2D eigenvalue weighted by Gasteiger charge is 2.33. The van der Waals surface area contributed by atoms with Crippen molar-refractivity contribution in [2.45, 2.75) is 51.8 Å². The summed E-state index contributed by atoms with van der Waals surface area (Å²) in [5, 5.41) is 3.17. The molecule has 2 rings (SSSR count). The number of likely N-dealkylation sites (tertiary alicyclic amines) is 1. The van der Waals surface area contributed by atoms with Crippen LogP contribution in [0.1, 0.15) is 39.2 Å². The molecule has 0 bridgehead atoms. The van der Waals surface area contributed by atoms with Gasteiger partial charge in [0.25, 0.3) is 0 Å². The molecular weight excluding hydrogens is 288 g/mol. The van der Waals surface area contributed by atoms with Crippen molar-refractivity contribution in [3.05, 3.63) is 35.9 Å². The van der Waals surface area contributed by atoms with Gasteiger partial charge < -0.3 is 10.1 Å². The molecule has 1 heterocycles. The van der Waals surface area contributed by atoms with Gasteiger partial charge in [-0.15, -0.1) is 0 Å². The first-order chi connectivity index (χ1) is 10.9. The highest BCUT2D eigenvalue weighted by molar-refractivity contribution is 5.76. The third kappa shape index (κ3) is 5.63. The maximum absolute atomic E-state index is 12.4. The lowest BCUT2D eigenvalue weighted by molar-refractivity contribution is -0.159. The van der Waals surface area contributed by atoms with Crippen molar-refractivity contribution in [2.75, 3.05) is 20.1 Å². The van der Waals surface area contributed by atoms with E-state index < -0.39 is 5.60 Å². The summed E-state index contributed by atoms with van der Waals surface area (Å²) in [5.74, 6) is 0.225. The van der Waals surface area contributed by atoms with E-state index in [0.717, 1.165) is 32.5 Å². The van der Waals surface area contributed by atoms with Gasteiger partial charge in [-0.3, -0.25) is 9.69 Å². The summed E-state index contributed by atoms with van der Waals surface area (Å²) in [5.41, 5.74) is 0.920. The number of carbonyl (C=O) groups is 1. The molecule has 1 aliphatic heterocycles. The van der Waals surface area contributed by atoms with Gasteiger partial charge in [0.05, 0.1) is 0 Å². The molecule has 1 fully saturated rings. The second-order valence-corrected chi connectivity index (χ2v) is 7.40. The van der Waals surface area contributed by atoms with Gasteiger partial charge in [0, 0.05) is 6.54 Å². The fraction of sp³-hybridized carbons (Fsp3) is 0.632. The third-order valence-electron chi connectivity index (χ3n) is 4.32. The molecule has 4 nitrogen and oxygen atoms in total. The summed E-state index contributed by atoms with van der Waals surface area (Å²) < 4.78 is 5.55. The molecule has 0 radical (unpaired) electrons. The zero-order chi connectivity index (χ0) is 16.9. The Balaban J connectivity index is 1.85. The number of ether oxygens (including phenoxy) is 1. The molecule has 1 aromatic rings. The van der Waals surface area contributed by atoms with Crippen molar-refractivity contribution in [2.24, 2.45) is 5.92 Å². The maximum Gasteiger partial charge on any atom is 0.323 e.